The molecule has 0 radical (unpaired) electrons. The van der Waals surface area contributed by atoms with Crippen LogP contribution in [-0.4, -0.2) is 50.1 Å². The van der Waals surface area contributed by atoms with Crippen molar-refractivity contribution in [1.29, 1.82) is 0 Å². The van der Waals surface area contributed by atoms with E-state index in [1.54, 1.807) is 6.07 Å². The Bertz CT molecular complexity index is 1100. The quantitative estimate of drug-likeness (QED) is 0.502. The van der Waals surface area contributed by atoms with Gasteiger partial charge < -0.3 is 9.94 Å². The van der Waals surface area contributed by atoms with Gasteiger partial charge in [0, 0.05) is 49.1 Å². The molecule has 10 heteroatoms. The first-order valence-corrected chi connectivity index (χ1v) is 10.9. The molecular weight excluding hydrogens is 452 g/mol. The summed E-state index contributed by atoms with van der Waals surface area (Å²) in [5.74, 6) is -1.50. The van der Waals surface area contributed by atoms with Crippen LogP contribution in [0.3, 0.4) is 0 Å². The Hall–Kier alpha value is -2.88. The summed E-state index contributed by atoms with van der Waals surface area (Å²) in [7, 11) is 0. The summed E-state index contributed by atoms with van der Waals surface area (Å²) in [6.45, 7) is 1.68. The van der Waals surface area contributed by atoms with Gasteiger partial charge >= 0.3 is 0 Å². The molecule has 0 amide bonds. The van der Waals surface area contributed by atoms with Crippen LogP contribution in [0, 0.1) is 11.6 Å². The number of β-amino-alcohol motifs (C(OH)–C–C–N with tert-alkyl or cyclic N) is 1. The molecule has 0 aliphatic carbocycles. The molecule has 1 aliphatic rings. The Morgan fingerprint density at radius 1 is 1.12 bits per heavy atom. The van der Waals surface area contributed by atoms with Crippen molar-refractivity contribution in [1.82, 2.24) is 19.7 Å². The number of oxime groups is 1. The van der Waals surface area contributed by atoms with Crippen LogP contribution >= 0.6 is 11.6 Å². The van der Waals surface area contributed by atoms with Gasteiger partial charge in [-0.25, -0.2) is 18.4 Å². The molecule has 1 atom stereocenters. The maximum absolute atomic E-state index is 14.6. The second-order valence-electron chi connectivity index (χ2n) is 8.09. The summed E-state index contributed by atoms with van der Waals surface area (Å²) in [4.78, 5) is 11.4. The van der Waals surface area contributed by atoms with Gasteiger partial charge in [-0.05, 0) is 23.8 Å². The van der Waals surface area contributed by atoms with Crippen LogP contribution in [0.15, 0.2) is 60.3 Å². The van der Waals surface area contributed by atoms with E-state index in [0.29, 0.717) is 37.6 Å². The molecule has 1 fully saturated rings. The van der Waals surface area contributed by atoms with Crippen molar-refractivity contribution in [3.8, 4) is 0 Å². The van der Waals surface area contributed by atoms with Crippen LogP contribution in [0.2, 0.25) is 5.02 Å². The Kier molecular flexibility index (Phi) is 7.32. The van der Waals surface area contributed by atoms with Crippen molar-refractivity contribution in [3.63, 3.8) is 0 Å². The molecule has 7 nitrogen and oxygen atoms in total. The van der Waals surface area contributed by atoms with E-state index in [4.69, 9.17) is 16.4 Å². The monoisotopic (exact) mass is 475 g/mol. The minimum atomic E-state index is -1.62. The summed E-state index contributed by atoms with van der Waals surface area (Å²) in [5.41, 5.74) is 0.247. The van der Waals surface area contributed by atoms with E-state index in [-0.39, 0.29) is 18.7 Å². The average molecular weight is 476 g/mol. The minimum absolute atomic E-state index is 0.0173. The summed E-state index contributed by atoms with van der Waals surface area (Å²) in [6.07, 6.45) is 4.10. The van der Waals surface area contributed by atoms with Crippen molar-refractivity contribution < 1.29 is 18.7 Å². The molecule has 1 unspecified atom stereocenters. The van der Waals surface area contributed by atoms with Gasteiger partial charge in [0.05, 0.1) is 12.3 Å². The standard InChI is InChI=1S/C23H24ClF2N5O2/c24-18-3-1-2-17(10-18)12-33-29-20-6-8-30(9-7-20)13-23(32,14-31-16-27-15-28-31)21-5-4-19(25)11-22(21)26/h1-5,10-11,15-16,32H,6-9,12-14H2. The molecule has 174 valence electrons. The molecular formula is C23H24ClF2N5O2. The van der Waals surface area contributed by atoms with Crippen molar-refractivity contribution in [2.24, 2.45) is 5.16 Å². The molecule has 1 saturated heterocycles. The Morgan fingerprint density at radius 2 is 1.94 bits per heavy atom. The van der Waals surface area contributed by atoms with Crippen LogP contribution in [0.1, 0.15) is 24.0 Å². The normalized spacial score (nSPS) is 16.4. The van der Waals surface area contributed by atoms with Gasteiger partial charge in [-0.3, -0.25) is 4.90 Å². The number of benzene rings is 2. The van der Waals surface area contributed by atoms with Crippen molar-refractivity contribution >= 4 is 17.3 Å². The van der Waals surface area contributed by atoms with Gasteiger partial charge in [-0.2, -0.15) is 5.10 Å². The van der Waals surface area contributed by atoms with Gasteiger partial charge in [-0.15, -0.1) is 0 Å². The molecule has 1 aromatic heterocycles. The zero-order valence-electron chi connectivity index (χ0n) is 17.9. The number of rotatable bonds is 8. The third-order valence-electron chi connectivity index (χ3n) is 5.55. The summed E-state index contributed by atoms with van der Waals surface area (Å²) >= 11 is 5.98. The third-order valence-corrected chi connectivity index (χ3v) is 5.79. The molecule has 0 saturated carbocycles. The highest BCUT2D eigenvalue weighted by atomic mass is 35.5. The Morgan fingerprint density at radius 3 is 2.64 bits per heavy atom. The lowest BCUT2D eigenvalue weighted by molar-refractivity contribution is -0.0220. The first kappa shape index (κ1) is 23.3. The van der Waals surface area contributed by atoms with E-state index in [1.165, 1.54) is 23.4 Å². The fourth-order valence-electron chi connectivity index (χ4n) is 3.92. The Balaban J connectivity index is 1.39. The van der Waals surface area contributed by atoms with Crippen LogP contribution in [0.25, 0.3) is 0 Å². The number of hydrogen-bond donors (Lipinski definition) is 1. The van der Waals surface area contributed by atoms with E-state index in [9.17, 15) is 13.9 Å². The molecule has 33 heavy (non-hydrogen) atoms. The maximum atomic E-state index is 14.6. The van der Waals surface area contributed by atoms with Crippen LogP contribution in [-0.2, 0) is 23.6 Å². The van der Waals surface area contributed by atoms with Gasteiger partial charge in [0.15, 0.2) is 0 Å². The highest BCUT2D eigenvalue weighted by molar-refractivity contribution is 6.30. The molecule has 0 bridgehead atoms. The van der Waals surface area contributed by atoms with Crippen LogP contribution in [0.5, 0.6) is 0 Å². The van der Waals surface area contributed by atoms with E-state index >= 15 is 0 Å². The van der Waals surface area contributed by atoms with Crippen LogP contribution in [0.4, 0.5) is 8.78 Å². The first-order chi connectivity index (χ1) is 15.9. The average Bonchev–Trinajstić information content (AvgIpc) is 3.27. The second kappa shape index (κ2) is 10.4. The molecule has 2 aromatic carbocycles. The highest BCUT2D eigenvalue weighted by Crippen LogP contribution is 2.28. The van der Waals surface area contributed by atoms with E-state index in [2.05, 4.69) is 15.2 Å². The maximum Gasteiger partial charge on any atom is 0.142 e. The number of nitrogens with zero attached hydrogens (tertiary/aromatic N) is 5. The van der Waals surface area contributed by atoms with Gasteiger partial charge in [0.1, 0.15) is 36.5 Å². The number of piperidine rings is 1. The smallest absolute Gasteiger partial charge is 0.142 e. The molecule has 1 aliphatic heterocycles. The van der Waals surface area contributed by atoms with E-state index in [0.717, 1.165) is 23.4 Å². The van der Waals surface area contributed by atoms with Crippen molar-refractivity contribution in [2.45, 2.75) is 31.6 Å². The minimum Gasteiger partial charge on any atom is -0.391 e. The third kappa shape index (κ3) is 6.13. The molecule has 3 aromatic rings. The predicted octanol–water partition coefficient (Wildman–Crippen LogP) is 3.77. The molecule has 2 heterocycles. The SMILES string of the molecule is OC(CN1CCC(=NOCc2cccc(Cl)c2)CC1)(Cn1cncn1)c1ccc(F)cc1F. The number of aliphatic hydroxyl groups is 1. The summed E-state index contributed by atoms with van der Waals surface area (Å²) < 4.78 is 29.5. The second-order valence-corrected chi connectivity index (χ2v) is 8.52. The fraction of sp³-hybridized carbons (Fsp3) is 0.348. The Labute approximate surface area is 195 Å². The molecule has 4 rings (SSSR count). The van der Waals surface area contributed by atoms with E-state index < -0.39 is 17.2 Å². The lowest BCUT2D eigenvalue weighted by Gasteiger charge is -2.36. The van der Waals surface area contributed by atoms with Gasteiger partial charge in [0.25, 0.3) is 0 Å². The number of aromatic nitrogens is 3. The van der Waals surface area contributed by atoms with Crippen molar-refractivity contribution in [2.75, 3.05) is 19.6 Å². The molecule has 1 N–H and O–H groups in total. The molecule has 0 spiro atoms. The number of likely N-dealkylation sites (tertiary alicyclic amines) is 1. The zero-order valence-corrected chi connectivity index (χ0v) is 18.6. The zero-order chi connectivity index (χ0) is 23.3. The summed E-state index contributed by atoms with van der Waals surface area (Å²) in [6, 6.07) is 10.6. The van der Waals surface area contributed by atoms with Crippen molar-refractivity contribution in [3.05, 3.63) is 82.9 Å². The fourth-order valence-corrected chi connectivity index (χ4v) is 4.14. The van der Waals surface area contributed by atoms with Crippen LogP contribution < -0.4 is 0 Å². The van der Waals surface area contributed by atoms with Gasteiger partial charge in [0.2, 0.25) is 0 Å². The number of halogens is 3. The topological polar surface area (TPSA) is 75.8 Å². The first-order valence-electron chi connectivity index (χ1n) is 10.6. The largest absolute Gasteiger partial charge is 0.391 e. The number of hydrogen-bond acceptors (Lipinski definition) is 6. The highest BCUT2D eigenvalue weighted by Gasteiger charge is 2.36. The van der Waals surface area contributed by atoms with Gasteiger partial charge in [-0.1, -0.05) is 35.0 Å². The summed E-state index contributed by atoms with van der Waals surface area (Å²) in [5, 5.41) is 20.4. The lowest BCUT2D eigenvalue weighted by atomic mass is 9.91. The lowest BCUT2D eigenvalue weighted by Crippen LogP contribution is -2.47. The predicted molar refractivity (Wildman–Crippen MR) is 120 cm³/mol. The van der Waals surface area contributed by atoms with E-state index in [1.807, 2.05) is 23.1 Å².